The predicted octanol–water partition coefficient (Wildman–Crippen LogP) is 5.60. The van der Waals surface area contributed by atoms with Crippen molar-refractivity contribution in [3.8, 4) is 5.75 Å². The molecule has 1 spiro atoms. The standard InChI is InChI=1S/C38H50ClN3O6S/c1-26-5-3-7-35(47-20-17-41-15-18-46-19-16-41)32-11-8-30(32)23-42-24-38(14-4-6-28-21-31(39)10-12-33(28)38)25-48-36-13-9-29(22-34(36)42)37(43)40-49(44,45)27(26)2/h3,7,9-10,12-13,21-22,26-27,30,32,35H,4-6,8,11,14-20,23-25H2,1-2H3,(H,40,43)/b7-3-/t26-,27+,30-,32+,35-,38-/m0/s1. The lowest BCUT2D eigenvalue weighted by Crippen LogP contribution is -2.50. The third kappa shape index (κ3) is 7.40. The van der Waals surface area contributed by atoms with E-state index < -0.39 is 21.2 Å². The van der Waals surface area contributed by atoms with Gasteiger partial charge in [0, 0.05) is 48.7 Å². The van der Waals surface area contributed by atoms with Crippen molar-refractivity contribution < 1.29 is 27.4 Å². The second kappa shape index (κ2) is 14.5. The lowest BCUT2D eigenvalue weighted by atomic mass is 9.68. The number of morpholine rings is 1. The zero-order chi connectivity index (χ0) is 34.2. The zero-order valence-electron chi connectivity index (χ0n) is 28.7. The van der Waals surface area contributed by atoms with E-state index in [1.807, 2.05) is 25.1 Å². The second-order valence-corrected chi connectivity index (χ2v) is 17.4. The van der Waals surface area contributed by atoms with E-state index in [1.54, 1.807) is 13.0 Å². The monoisotopic (exact) mass is 711 g/mol. The number of hydrogen-bond donors (Lipinski definition) is 1. The Morgan fingerprint density at radius 1 is 1.10 bits per heavy atom. The summed E-state index contributed by atoms with van der Waals surface area (Å²) in [5, 5.41) is -0.00970. The third-order valence-electron chi connectivity index (χ3n) is 11.8. The van der Waals surface area contributed by atoms with Gasteiger partial charge in [-0.2, -0.15) is 0 Å². The first-order valence-corrected chi connectivity index (χ1v) is 20.0. The number of nitrogens with zero attached hydrogens (tertiary/aromatic N) is 2. The normalized spacial score (nSPS) is 32.5. The van der Waals surface area contributed by atoms with Crippen LogP contribution in [-0.4, -0.2) is 89.7 Å². The van der Waals surface area contributed by atoms with Gasteiger partial charge in [-0.05, 0) is 105 Å². The van der Waals surface area contributed by atoms with Crippen LogP contribution in [-0.2, 0) is 31.3 Å². The highest BCUT2D eigenvalue weighted by molar-refractivity contribution is 7.90. The molecule has 2 aliphatic carbocycles. The summed E-state index contributed by atoms with van der Waals surface area (Å²) in [5.41, 5.74) is 3.46. The Morgan fingerprint density at radius 3 is 2.73 bits per heavy atom. The molecular weight excluding hydrogens is 662 g/mol. The molecule has 1 saturated heterocycles. The number of hydrogen-bond acceptors (Lipinski definition) is 8. The fourth-order valence-corrected chi connectivity index (χ4v) is 9.94. The molecule has 11 heteroatoms. The number of aryl methyl sites for hydroxylation is 1. The molecule has 0 unspecified atom stereocenters. The van der Waals surface area contributed by atoms with Crippen LogP contribution in [0.5, 0.6) is 5.75 Å². The van der Waals surface area contributed by atoms with Crippen LogP contribution in [0.15, 0.2) is 48.6 Å². The summed E-state index contributed by atoms with van der Waals surface area (Å²) in [5.74, 6) is 0.626. The molecule has 49 heavy (non-hydrogen) atoms. The van der Waals surface area contributed by atoms with Crippen molar-refractivity contribution in [2.45, 2.75) is 69.1 Å². The molecule has 5 aliphatic rings. The van der Waals surface area contributed by atoms with Crippen LogP contribution < -0.4 is 14.4 Å². The molecule has 0 aromatic heterocycles. The summed E-state index contributed by atoms with van der Waals surface area (Å²) in [4.78, 5) is 18.3. The van der Waals surface area contributed by atoms with E-state index in [0.717, 1.165) is 94.5 Å². The number of nitrogens with one attached hydrogen (secondary N) is 1. The first-order chi connectivity index (χ1) is 23.6. The topological polar surface area (TPSA) is 97.4 Å². The second-order valence-electron chi connectivity index (χ2n) is 14.9. The van der Waals surface area contributed by atoms with E-state index in [0.29, 0.717) is 37.0 Å². The Labute approximate surface area is 296 Å². The van der Waals surface area contributed by atoms with E-state index in [4.69, 9.17) is 25.8 Å². The summed E-state index contributed by atoms with van der Waals surface area (Å²) in [6.45, 7) is 10.5. The highest BCUT2D eigenvalue weighted by atomic mass is 35.5. The van der Waals surface area contributed by atoms with Crippen molar-refractivity contribution in [2.75, 3.05) is 64.1 Å². The molecule has 266 valence electrons. The van der Waals surface area contributed by atoms with Gasteiger partial charge in [-0.1, -0.05) is 36.7 Å². The van der Waals surface area contributed by atoms with E-state index >= 15 is 0 Å². The number of halogens is 1. The lowest BCUT2D eigenvalue weighted by molar-refractivity contribution is -0.0315. The minimum Gasteiger partial charge on any atom is -0.490 e. The number of benzene rings is 2. The van der Waals surface area contributed by atoms with Gasteiger partial charge in [0.1, 0.15) is 5.75 Å². The molecule has 2 fully saturated rings. The summed E-state index contributed by atoms with van der Waals surface area (Å²) in [6.07, 6.45) is 9.97. The van der Waals surface area contributed by atoms with Crippen LogP contribution in [0.1, 0.15) is 67.4 Å². The average molecular weight is 712 g/mol. The van der Waals surface area contributed by atoms with Crippen molar-refractivity contribution in [1.29, 1.82) is 0 Å². The molecule has 1 amide bonds. The number of rotatable bonds is 4. The van der Waals surface area contributed by atoms with Crippen molar-refractivity contribution in [2.24, 2.45) is 17.8 Å². The van der Waals surface area contributed by atoms with Gasteiger partial charge in [0.25, 0.3) is 5.91 Å². The smallest absolute Gasteiger partial charge is 0.264 e. The number of allylic oxidation sites excluding steroid dienone is 1. The molecular formula is C38H50ClN3O6S. The molecule has 9 nitrogen and oxygen atoms in total. The number of ether oxygens (including phenoxy) is 3. The van der Waals surface area contributed by atoms with Crippen molar-refractivity contribution >= 4 is 33.2 Å². The van der Waals surface area contributed by atoms with Gasteiger partial charge in [-0.25, -0.2) is 13.1 Å². The SMILES string of the molecule is C[C@@H]1[C@@H](C)C/C=C\[C@H](OCCN2CCOCC2)[C@@H]2CC[C@H]2CN2C[C@@]3(CCCc4cc(Cl)ccc43)COc3ccc(cc32)C(=O)NS1(=O)=O. The van der Waals surface area contributed by atoms with Gasteiger partial charge in [-0.15, -0.1) is 0 Å². The lowest BCUT2D eigenvalue weighted by Gasteiger charge is -2.46. The number of fused-ring (bicyclic) bond motifs is 4. The molecule has 3 aliphatic heterocycles. The summed E-state index contributed by atoms with van der Waals surface area (Å²) in [6, 6.07) is 11.6. The molecule has 2 bridgehead atoms. The van der Waals surface area contributed by atoms with Crippen molar-refractivity contribution in [3.05, 3.63) is 70.3 Å². The van der Waals surface area contributed by atoms with Crippen LogP contribution in [0.4, 0.5) is 5.69 Å². The fourth-order valence-electron chi connectivity index (χ4n) is 8.46. The van der Waals surface area contributed by atoms with Crippen molar-refractivity contribution in [3.63, 3.8) is 0 Å². The summed E-state index contributed by atoms with van der Waals surface area (Å²) < 4.78 is 48.1. The summed E-state index contributed by atoms with van der Waals surface area (Å²) in [7, 11) is -3.92. The van der Waals surface area contributed by atoms with Crippen LogP contribution in [0.25, 0.3) is 0 Å². The van der Waals surface area contributed by atoms with Gasteiger partial charge in [0.15, 0.2) is 0 Å². The first kappa shape index (κ1) is 34.8. The number of carbonyl (C=O) groups excluding carboxylic acids is 1. The average Bonchev–Trinajstić information content (AvgIpc) is 3.22. The Morgan fingerprint density at radius 2 is 1.94 bits per heavy atom. The van der Waals surface area contributed by atoms with E-state index in [2.05, 4.69) is 38.8 Å². The van der Waals surface area contributed by atoms with Gasteiger partial charge in [-0.3, -0.25) is 9.69 Å². The molecule has 2 aromatic carbocycles. The molecule has 0 radical (unpaired) electrons. The number of carbonyl (C=O) groups is 1. The van der Waals surface area contributed by atoms with Crippen LogP contribution in [0.2, 0.25) is 5.02 Å². The van der Waals surface area contributed by atoms with Crippen LogP contribution in [0, 0.1) is 17.8 Å². The fraction of sp³-hybridized carbons (Fsp3) is 0.605. The van der Waals surface area contributed by atoms with Crippen molar-refractivity contribution in [1.82, 2.24) is 9.62 Å². The Bertz CT molecular complexity index is 1660. The molecule has 7 rings (SSSR count). The first-order valence-electron chi connectivity index (χ1n) is 18.1. The van der Waals surface area contributed by atoms with E-state index in [-0.39, 0.29) is 17.4 Å². The number of anilines is 1. The highest BCUT2D eigenvalue weighted by Gasteiger charge is 2.44. The minimum absolute atomic E-state index is 0.0629. The Kier molecular flexibility index (Phi) is 10.3. The summed E-state index contributed by atoms with van der Waals surface area (Å²) >= 11 is 6.46. The Hall–Kier alpha value is -2.63. The number of amides is 1. The Balaban J connectivity index is 1.23. The number of sulfonamides is 1. The zero-order valence-corrected chi connectivity index (χ0v) is 30.3. The van der Waals surface area contributed by atoms with Crippen LogP contribution in [0.3, 0.4) is 0 Å². The van der Waals surface area contributed by atoms with Gasteiger partial charge >= 0.3 is 0 Å². The van der Waals surface area contributed by atoms with Gasteiger partial charge < -0.3 is 19.1 Å². The molecule has 3 heterocycles. The predicted molar refractivity (Wildman–Crippen MR) is 192 cm³/mol. The van der Waals surface area contributed by atoms with Gasteiger partial charge in [0.2, 0.25) is 10.0 Å². The van der Waals surface area contributed by atoms with Crippen LogP contribution >= 0.6 is 11.6 Å². The molecule has 1 saturated carbocycles. The highest BCUT2D eigenvalue weighted by Crippen LogP contribution is 2.47. The minimum atomic E-state index is -3.92. The quantitative estimate of drug-likeness (QED) is 0.410. The van der Waals surface area contributed by atoms with Gasteiger partial charge in [0.05, 0.1) is 43.5 Å². The van der Waals surface area contributed by atoms with E-state index in [9.17, 15) is 13.2 Å². The molecule has 6 atom stereocenters. The molecule has 2 aromatic rings. The maximum absolute atomic E-state index is 13.5. The molecule has 1 N–H and O–H groups in total. The third-order valence-corrected chi connectivity index (χ3v) is 14.0. The largest absolute Gasteiger partial charge is 0.490 e. The maximum Gasteiger partial charge on any atom is 0.264 e. The maximum atomic E-state index is 13.5. The van der Waals surface area contributed by atoms with E-state index in [1.165, 1.54) is 11.1 Å².